The summed E-state index contributed by atoms with van der Waals surface area (Å²) in [5.41, 5.74) is 2.17. The molecule has 0 spiro atoms. The number of benzene rings is 2. The molecule has 5 rings (SSSR count). The zero-order chi connectivity index (χ0) is 30.0. The van der Waals surface area contributed by atoms with Crippen molar-refractivity contribution in [1.82, 2.24) is 9.47 Å². The summed E-state index contributed by atoms with van der Waals surface area (Å²) in [7, 11) is 0. The van der Waals surface area contributed by atoms with Gasteiger partial charge in [0.25, 0.3) is 11.5 Å². The van der Waals surface area contributed by atoms with Gasteiger partial charge in [0.1, 0.15) is 27.6 Å². The predicted octanol–water partition coefficient (Wildman–Crippen LogP) is 5.96. The van der Waals surface area contributed by atoms with E-state index in [1.807, 2.05) is 36.1 Å². The number of carbonyl (C=O) groups excluding carboxylic acids is 1. The van der Waals surface area contributed by atoms with Crippen molar-refractivity contribution in [3.63, 3.8) is 0 Å². The van der Waals surface area contributed by atoms with Crippen LogP contribution >= 0.6 is 35.6 Å². The molecule has 0 saturated carbocycles. The quantitative estimate of drug-likeness (QED) is 0.238. The number of rotatable bonds is 7. The number of hydrogen-bond donors (Lipinski definition) is 0. The third-order valence-electron chi connectivity index (χ3n) is 7.50. The first-order valence-corrected chi connectivity index (χ1v) is 15.3. The van der Waals surface area contributed by atoms with Crippen LogP contribution in [0.5, 0.6) is 0 Å². The molecule has 216 valence electrons. The molecule has 2 aliphatic heterocycles. The summed E-state index contributed by atoms with van der Waals surface area (Å²) < 4.78 is 16.6. The topological polar surface area (TPSA) is 72.6 Å². The highest BCUT2D eigenvalue weighted by Crippen LogP contribution is 2.37. The molecule has 2 aromatic carbocycles. The molecular formula is C31H29ClFN5O2S2. The van der Waals surface area contributed by atoms with Gasteiger partial charge in [0.05, 0.1) is 17.1 Å². The lowest BCUT2D eigenvalue weighted by Gasteiger charge is -2.39. The second-order valence-electron chi connectivity index (χ2n) is 10.1. The Morgan fingerprint density at radius 2 is 1.74 bits per heavy atom. The molecule has 1 amide bonds. The maximum Gasteiger partial charge on any atom is 0.270 e. The van der Waals surface area contributed by atoms with E-state index in [9.17, 15) is 19.2 Å². The van der Waals surface area contributed by atoms with E-state index in [1.165, 1.54) is 22.7 Å². The van der Waals surface area contributed by atoms with E-state index in [2.05, 4.69) is 11.0 Å². The van der Waals surface area contributed by atoms with Gasteiger partial charge in [-0.1, -0.05) is 72.8 Å². The number of para-hydroxylation sites is 1. The van der Waals surface area contributed by atoms with Crippen LogP contribution in [0, 0.1) is 24.1 Å². The molecule has 11 heteroatoms. The summed E-state index contributed by atoms with van der Waals surface area (Å²) >= 11 is 13.1. The van der Waals surface area contributed by atoms with Crippen LogP contribution in [0.25, 0.3) is 6.08 Å². The number of pyridine rings is 1. The minimum Gasteiger partial charge on any atom is -0.366 e. The monoisotopic (exact) mass is 621 g/mol. The van der Waals surface area contributed by atoms with E-state index < -0.39 is 0 Å². The number of hydrogen-bond acceptors (Lipinski definition) is 7. The molecule has 2 aliphatic rings. The van der Waals surface area contributed by atoms with Gasteiger partial charge in [0, 0.05) is 43.3 Å². The van der Waals surface area contributed by atoms with Gasteiger partial charge in [0.15, 0.2) is 0 Å². The van der Waals surface area contributed by atoms with Crippen molar-refractivity contribution >= 4 is 63.4 Å². The van der Waals surface area contributed by atoms with Crippen LogP contribution in [0.15, 0.2) is 58.2 Å². The normalized spacial score (nSPS) is 16.5. The number of piperazine rings is 1. The molecule has 0 radical (unpaired) electrons. The van der Waals surface area contributed by atoms with Crippen LogP contribution in [0.1, 0.15) is 35.6 Å². The molecule has 3 aromatic rings. The van der Waals surface area contributed by atoms with Crippen LogP contribution in [0.3, 0.4) is 0 Å². The minimum absolute atomic E-state index is 0.0509. The highest BCUT2D eigenvalue weighted by molar-refractivity contribution is 8.26. The predicted molar refractivity (Wildman–Crippen MR) is 171 cm³/mol. The van der Waals surface area contributed by atoms with Crippen molar-refractivity contribution in [1.29, 1.82) is 5.26 Å². The highest BCUT2D eigenvalue weighted by Gasteiger charge is 2.34. The number of thioether (sulfide) groups is 1. The number of thiocarbonyl (C=S) groups is 1. The number of halogens is 2. The molecule has 7 nitrogen and oxygen atoms in total. The first-order valence-electron chi connectivity index (χ1n) is 13.7. The molecule has 2 saturated heterocycles. The van der Waals surface area contributed by atoms with Gasteiger partial charge in [-0.3, -0.25) is 19.1 Å². The summed E-state index contributed by atoms with van der Waals surface area (Å²) in [5, 5.41) is 10.5. The van der Waals surface area contributed by atoms with Crippen LogP contribution in [-0.2, 0) is 17.9 Å². The summed E-state index contributed by atoms with van der Waals surface area (Å²) in [4.78, 5) is 33.1. The second-order valence-corrected chi connectivity index (χ2v) is 12.2. The van der Waals surface area contributed by atoms with Crippen LogP contribution in [0.2, 0.25) is 5.02 Å². The molecule has 1 aromatic heterocycles. The zero-order valence-electron chi connectivity index (χ0n) is 23.3. The van der Waals surface area contributed by atoms with Gasteiger partial charge in [-0.25, -0.2) is 4.39 Å². The van der Waals surface area contributed by atoms with E-state index in [-0.39, 0.29) is 29.4 Å². The summed E-state index contributed by atoms with van der Waals surface area (Å²) in [6, 6.07) is 16.1. The SMILES string of the molecule is CCCn1c(N2CCN(c3ccccc3F)CC2)c(/C=C2/SC(=S)N(Cc3ccccc3Cl)C2=O)c(C)c(C#N)c1=O. The van der Waals surface area contributed by atoms with Gasteiger partial charge >= 0.3 is 0 Å². The Labute approximate surface area is 258 Å². The molecule has 0 bridgehead atoms. The van der Waals surface area contributed by atoms with Gasteiger partial charge in [-0.15, -0.1) is 0 Å². The Morgan fingerprint density at radius 1 is 1.07 bits per heavy atom. The largest absolute Gasteiger partial charge is 0.366 e. The van der Waals surface area contributed by atoms with Crippen molar-refractivity contribution in [3.8, 4) is 6.07 Å². The molecule has 42 heavy (non-hydrogen) atoms. The van der Waals surface area contributed by atoms with Crippen LogP contribution < -0.4 is 15.4 Å². The fourth-order valence-electron chi connectivity index (χ4n) is 5.35. The van der Waals surface area contributed by atoms with Gasteiger partial charge in [0.2, 0.25) is 0 Å². The lowest BCUT2D eigenvalue weighted by atomic mass is 10.0. The summed E-state index contributed by atoms with van der Waals surface area (Å²) in [6.07, 6.45) is 2.43. The van der Waals surface area contributed by atoms with Gasteiger partial charge in [-0.05, 0) is 48.7 Å². The molecule has 2 fully saturated rings. The van der Waals surface area contributed by atoms with Crippen molar-refractivity contribution in [2.75, 3.05) is 36.0 Å². The van der Waals surface area contributed by atoms with E-state index in [1.54, 1.807) is 35.8 Å². The molecule has 0 unspecified atom stereocenters. The number of nitriles is 1. The Bertz CT molecular complexity index is 1690. The first-order chi connectivity index (χ1) is 20.2. The number of carbonyl (C=O) groups is 1. The lowest BCUT2D eigenvalue weighted by molar-refractivity contribution is -0.122. The average molecular weight is 622 g/mol. The fourth-order valence-corrected chi connectivity index (χ4v) is 6.78. The molecule has 3 heterocycles. The zero-order valence-corrected chi connectivity index (χ0v) is 25.7. The van der Waals surface area contributed by atoms with Crippen LogP contribution in [-0.4, -0.2) is 45.9 Å². The smallest absolute Gasteiger partial charge is 0.270 e. The Kier molecular flexibility index (Phi) is 9.02. The Morgan fingerprint density at radius 3 is 2.40 bits per heavy atom. The number of nitrogens with zero attached hydrogens (tertiary/aromatic N) is 5. The van der Waals surface area contributed by atoms with E-state index in [0.717, 1.165) is 5.56 Å². The van der Waals surface area contributed by atoms with Crippen molar-refractivity contribution in [2.45, 2.75) is 33.4 Å². The highest BCUT2D eigenvalue weighted by atomic mass is 35.5. The number of anilines is 2. The van der Waals surface area contributed by atoms with Crippen molar-refractivity contribution in [2.24, 2.45) is 0 Å². The first kappa shape index (κ1) is 29.8. The third-order valence-corrected chi connectivity index (χ3v) is 9.25. The molecular weight excluding hydrogens is 593 g/mol. The lowest BCUT2D eigenvalue weighted by Crippen LogP contribution is -2.49. The maximum absolute atomic E-state index is 14.5. The molecule has 0 aliphatic carbocycles. The van der Waals surface area contributed by atoms with Gasteiger partial charge in [-0.2, -0.15) is 5.26 Å². The Balaban J connectivity index is 1.54. The van der Waals surface area contributed by atoms with Crippen molar-refractivity contribution in [3.05, 3.63) is 96.9 Å². The standard InChI is InChI=1S/C31H29ClFN5O2S2/c1-3-12-37-28(36-15-13-35(14-16-36)26-11-7-6-10-25(26)33)22(20(2)23(18-34)29(37)39)17-27-30(40)38(31(41)42-27)19-21-8-4-5-9-24(21)32/h4-11,17H,3,12-16,19H2,1-2H3/b27-17+. The maximum atomic E-state index is 14.5. The number of aromatic nitrogens is 1. The van der Waals surface area contributed by atoms with Crippen LogP contribution in [0.4, 0.5) is 15.9 Å². The Hall–Kier alpha value is -3.65. The molecule has 0 N–H and O–H groups in total. The summed E-state index contributed by atoms with van der Waals surface area (Å²) in [5.74, 6) is 0.122. The van der Waals surface area contributed by atoms with E-state index in [4.69, 9.17) is 23.8 Å². The third kappa shape index (κ3) is 5.69. The van der Waals surface area contributed by atoms with E-state index in [0.29, 0.717) is 76.0 Å². The second kappa shape index (κ2) is 12.7. The fraction of sp³-hybridized carbons (Fsp3) is 0.290. The average Bonchev–Trinajstić information content (AvgIpc) is 3.25. The van der Waals surface area contributed by atoms with Gasteiger partial charge < -0.3 is 9.80 Å². The summed E-state index contributed by atoms with van der Waals surface area (Å²) in [6.45, 7) is 6.49. The molecule has 0 atom stereocenters. The number of amides is 1. The van der Waals surface area contributed by atoms with Crippen molar-refractivity contribution < 1.29 is 9.18 Å². The van der Waals surface area contributed by atoms with E-state index >= 15 is 0 Å². The minimum atomic E-state index is -0.355.